The standard InChI is InChI=1S/C22H23ClF3N3O2/c23-19-10-9-16(12-18(19)21(31)29-15-6-2-1-3-7-15)27-13-20(30)28-17-8-4-5-14(11-17)22(24,25)26/h4-5,8-12,15,27H,1-3,6-7,13H2,(H,28,30)(H,29,31). The summed E-state index contributed by atoms with van der Waals surface area (Å²) in [7, 11) is 0. The quantitative estimate of drug-likeness (QED) is 0.543. The van der Waals surface area contributed by atoms with Crippen LogP contribution in [-0.4, -0.2) is 24.4 Å². The highest BCUT2D eigenvalue weighted by molar-refractivity contribution is 6.34. The van der Waals surface area contributed by atoms with Crippen LogP contribution in [0.15, 0.2) is 42.5 Å². The van der Waals surface area contributed by atoms with Gasteiger partial charge in [-0.1, -0.05) is 36.9 Å². The molecule has 3 rings (SSSR count). The molecule has 1 aliphatic rings. The Kier molecular flexibility index (Phi) is 7.43. The monoisotopic (exact) mass is 453 g/mol. The van der Waals surface area contributed by atoms with E-state index in [4.69, 9.17) is 11.6 Å². The highest BCUT2D eigenvalue weighted by atomic mass is 35.5. The maximum Gasteiger partial charge on any atom is 0.416 e. The molecule has 0 radical (unpaired) electrons. The number of anilines is 2. The molecule has 0 heterocycles. The van der Waals surface area contributed by atoms with Crippen molar-refractivity contribution < 1.29 is 22.8 Å². The maximum absolute atomic E-state index is 12.8. The number of carbonyl (C=O) groups excluding carboxylic acids is 2. The van der Waals surface area contributed by atoms with E-state index in [-0.39, 0.29) is 24.2 Å². The zero-order valence-electron chi connectivity index (χ0n) is 16.7. The van der Waals surface area contributed by atoms with Gasteiger partial charge in [-0.05, 0) is 49.2 Å². The molecule has 0 bridgehead atoms. The van der Waals surface area contributed by atoms with Gasteiger partial charge in [0.05, 0.1) is 22.7 Å². The molecule has 31 heavy (non-hydrogen) atoms. The van der Waals surface area contributed by atoms with Gasteiger partial charge in [0.25, 0.3) is 5.91 Å². The minimum absolute atomic E-state index is 0.0466. The number of halogens is 4. The van der Waals surface area contributed by atoms with Crippen molar-refractivity contribution in [1.29, 1.82) is 0 Å². The van der Waals surface area contributed by atoms with E-state index in [0.29, 0.717) is 16.3 Å². The van der Waals surface area contributed by atoms with E-state index in [1.165, 1.54) is 18.6 Å². The minimum atomic E-state index is -4.49. The van der Waals surface area contributed by atoms with Gasteiger partial charge in [-0.3, -0.25) is 9.59 Å². The summed E-state index contributed by atoms with van der Waals surface area (Å²) in [6, 6.07) is 9.27. The lowest BCUT2D eigenvalue weighted by Gasteiger charge is -2.23. The summed E-state index contributed by atoms with van der Waals surface area (Å²) in [4.78, 5) is 24.7. The van der Waals surface area contributed by atoms with Gasteiger partial charge in [-0.25, -0.2) is 0 Å². The summed E-state index contributed by atoms with van der Waals surface area (Å²) < 4.78 is 38.4. The van der Waals surface area contributed by atoms with Crippen molar-refractivity contribution in [3.8, 4) is 0 Å². The van der Waals surface area contributed by atoms with Crippen molar-refractivity contribution in [3.63, 3.8) is 0 Å². The second-order valence-electron chi connectivity index (χ2n) is 7.48. The van der Waals surface area contributed by atoms with E-state index in [0.717, 1.165) is 37.8 Å². The van der Waals surface area contributed by atoms with E-state index < -0.39 is 17.6 Å². The molecule has 3 N–H and O–H groups in total. The first-order valence-electron chi connectivity index (χ1n) is 10.0. The fourth-order valence-electron chi connectivity index (χ4n) is 3.48. The molecule has 1 fully saturated rings. The third kappa shape index (κ3) is 6.62. The third-order valence-corrected chi connectivity index (χ3v) is 5.41. The van der Waals surface area contributed by atoms with E-state index in [1.54, 1.807) is 18.2 Å². The Morgan fingerprint density at radius 3 is 2.45 bits per heavy atom. The largest absolute Gasteiger partial charge is 0.416 e. The van der Waals surface area contributed by atoms with Crippen LogP contribution in [0.5, 0.6) is 0 Å². The fraction of sp³-hybridized carbons (Fsp3) is 0.364. The minimum Gasteiger partial charge on any atom is -0.376 e. The lowest BCUT2D eigenvalue weighted by molar-refractivity contribution is -0.137. The summed E-state index contributed by atoms with van der Waals surface area (Å²) in [5.74, 6) is -0.795. The normalized spacial score (nSPS) is 14.7. The summed E-state index contributed by atoms with van der Waals surface area (Å²) in [5.41, 5.74) is 0.00257. The van der Waals surface area contributed by atoms with Gasteiger partial charge in [0.1, 0.15) is 0 Å². The van der Waals surface area contributed by atoms with Crippen molar-refractivity contribution in [2.75, 3.05) is 17.2 Å². The highest BCUT2D eigenvalue weighted by Crippen LogP contribution is 2.30. The third-order valence-electron chi connectivity index (χ3n) is 5.08. The number of amides is 2. The summed E-state index contributed by atoms with van der Waals surface area (Å²) >= 11 is 6.17. The number of alkyl halides is 3. The number of carbonyl (C=O) groups is 2. The first kappa shape index (κ1) is 22.9. The second kappa shape index (κ2) is 10.0. The van der Waals surface area contributed by atoms with Gasteiger partial charge in [0.15, 0.2) is 0 Å². The predicted octanol–water partition coefficient (Wildman–Crippen LogP) is 5.47. The Balaban J connectivity index is 1.58. The van der Waals surface area contributed by atoms with Crippen LogP contribution in [0.4, 0.5) is 24.5 Å². The average Bonchev–Trinajstić information content (AvgIpc) is 2.73. The predicted molar refractivity (Wildman–Crippen MR) is 114 cm³/mol. The number of nitrogens with one attached hydrogen (secondary N) is 3. The molecule has 9 heteroatoms. The summed E-state index contributed by atoms with van der Waals surface area (Å²) in [5, 5.41) is 8.58. The van der Waals surface area contributed by atoms with Gasteiger partial charge < -0.3 is 16.0 Å². The molecular formula is C22H23ClF3N3O2. The SMILES string of the molecule is O=C(CNc1ccc(Cl)c(C(=O)NC2CCCCC2)c1)Nc1cccc(C(F)(F)F)c1. The van der Waals surface area contributed by atoms with Crippen LogP contribution in [0.3, 0.4) is 0 Å². The molecule has 0 aliphatic heterocycles. The zero-order valence-corrected chi connectivity index (χ0v) is 17.4. The Morgan fingerprint density at radius 1 is 1.00 bits per heavy atom. The molecule has 2 aromatic rings. The molecule has 0 aromatic heterocycles. The van der Waals surface area contributed by atoms with Crippen LogP contribution in [0, 0.1) is 0 Å². The van der Waals surface area contributed by atoms with Gasteiger partial charge in [0.2, 0.25) is 5.91 Å². The Labute approximate surface area is 183 Å². The van der Waals surface area contributed by atoms with E-state index in [9.17, 15) is 22.8 Å². The van der Waals surface area contributed by atoms with Gasteiger partial charge in [-0.2, -0.15) is 13.2 Å². The Hall–Kier alpha value is -2.74. The van der Waals surface area contributed by atoms with Crippen LogP contribution in [-0.2, 0) is 11.0 Å². The van der Waals surface area contributed by atoms with Gasteiger partial charge in [0, 0.05) is 17.4 Å². The molecule has 1 aliphatic carbocycles. The number of hydrogen-bond donors (Lipinski definition) is 3. The van der Waals surface area contributed by atoms with Crippen LogP contribution in [0.2, 0.25) is 5.02 Å². The van der Waals surface area contributed by atoms with Crippen LogP contribution >= 0.6 is 11.6 Å². The van der Waals surface area contributed by atoms with Gasteiger partial charge in [-0.15, -0.1) is 0 Å². The number of benzene rings is 2. The molecular weight excluding hydrogens is 431 g/mol. The van der Waals surface area contributed by atoms with Crippen molar-refractivity contribution in [2.45, 2.75) is 44.3 Å². The maximum atomic E-state index is 12.8. The lowest BCUT2D eigenvalue weighted by Crippen LogP contribution is -2.36. The van der Waals surface area contributed by atoms with E-state index >= 15 is 0 Å². The van der Waals surface area contributed by atoms with Crippen molar-refractivity contribution in [3.05, 3.63) is 58.6 Å². The second-order valence-corrected chi connectivity index (χ2v) is 7.89. The Bertz CT molecular complexity index is 944. The van der Waals surface area contributed by atoms with E-state index in [1.807, 2.05) is 0 Å². The average molecular weight is 454 g/mol. The Morgan fingerprint density at radius 2 is 1.74 bits per heavy atom. The summed E-state index contributed by atoms with van der Waals surface area (Å²) in [6.07, 6.45) is 0.739. The molecule has 0 unspecified atom stereocenters. The zero-order chi connectivity index (χ0) is 22.4. The molecule has 2 amide bonds. The molecule has 0 atom stereocenters. The number of hydrogen-bond acceptors (Lipinski definition) is 3. The first-order valence-corrected chi connectivity index (χ1v) is 10.4. The van der Waals surface area contributed by atoms with E-state index in [2.05, 4.69) is 16.0 Å². The van der Waals surface area contributed by atoms with Crippen LogP contribution in [0.1, 0.15) is 48.0 Å². The van der Waals surface area contributed by atoms with Crippen molar-refractivity contribution in [2.24, 2.45) is 0 Å². The van der Waals surface area contributed by atoms with Gasteiger partial charge >= 0.3 is 6.18 Å². The van der Waals surface area contributed by atoms with Crippen LogP contribution < -0.4 is 16.0 Å². The number of rotatable bonds is 6. The molecule has 0 spiro atoms. The van der Waals surface area contributed by atoms with Crippen LogP contribution in [0.25, 0.3) is 0 Å². The first-order chi connectivity index (χ1) is 14.7. The molecule has 2 aromatic carbocycles. The fourth-order valence-corrected chi connectivity index (χ4v) is 3.68. The molecule has 1 saturated carbocycles. The summed E-state index contributed by atoms with van der Waals surface area (Å²) in [6.45, 7) is -0.193. The lowest BCUT2D eigenvalue weighted by atomic mass is 9.95. The highest BCUT2D eigenvalue weighted by Gasteiger charge is 2.30. The van der Waals surface area contributed by atoms with Crippen molar-refractivity contribution >= 4 is 34.8 Å². The molecule has 5 nitrogen and oxygen atoms in total. The smallest absolute Gasteiger partial charge is 0.376 e. The topological polar surface area (TPSA) is 70.2 Å². The molecule has 0 saturated heterocycles. The van der Waals surface area contributed by atoms with Crippen molar-refractivity contribution in [1.82, 2.24) is 5.32 Å². The molecule has 166 valence electrons.